The largest absolute Gasteiger partial charge is 0.496 e. The van der Waals surface area contributed by atoms with Gasteiger partial charge in [-0.3, -0.25) is 0 Å². The Hall–Kier alpha value is -2.56. The summed E-state index contributed by atoms with van der Waals surface area (Å²) in [6, 6.07) is 13.9. The van der Waals surface area contributed by atoms with Crippen LogP contribution in [-0.2, 0) is 17.6 Å². The number of methoxy groups -OCH3 is 1. The Morgan fingerprint density at radius 2 is 1.96 bits per heavy atom. The second kappa shape index (κ2) is 8.78. The van der Waals surface area contributed by atoms with E-state index in [1.54, 1.807) is 13.2 Å². The summed E-state index contributed by atoms with van der Waals surface area (Å²) in [5.74, 6) is 0.504. The van der Waals surface area contributed by atoms with Gasteiger partial charge < -0.3 is 14.8 Å². The molecule has 23 heavy (non-hydrogen) atoms. The van der Waals surface area contributed by atoms with E-state index in [0.717, 1.165) is 16.9 Å². The van der Waals surface area contributed by atoms with Gasteiger partial charge >= 0.3 is 6.09 Å². The van der Waals surface area contributed by atoms with Crippen molar-refractivity contribution in [3.8, 4) is 5.75 Å². The maximum Gasteiger partial charge on any atom is 0.407 e. The van der Waals surface area contributed by atoms with Crippen molar-refractivity contribution in [2.75, 3.05) is 20.3 Å². The predicted octanol–water partition coefficient (Wildman–Crippen LogP) is 3.35. The Kier molecular flexibility index (Phi) is 6.41. The molecular formula is C18H20FNO3. The first-order valence-corrected chi connectivity index (χ1v) is 7.46. The summed E-state index contributed by atoms with van der Waals surface area (Å²) in [4.78, 5) is 11.6. The van der Waals surface area contributed by atoms with Gasteiger partial charge in [-0.1, -0.05) is 30.3 Å². The van der Waals surface area contributed by atoms with Gasteiger partial charge in [-0.15, -0.1) is 0 Å². The number of hydrogen-bond acceptors (Lipinski definition) is 3. The van der Waals surface area contributed by atoms with E-state index in [1.807, 2.05) is 30.3 Å². The number of halogens is 1. The number of carbonyl (C=O) groups is 1. The number of rotatable bonds is 7. The molecule has 0 radical (unpaired) electrons. The van der Waals surface area contributed by atoms with Gasteiger partial charge in [0, 0.05) is 13.0 Å². The number of hydrogen-bond donors (Lipinski definition) is 1. The summed E-state index contributed by atoms with van der Waals surface area (Å²) in [7, 11) is 1.61. The van der Waals surface area contributed by atoms with E-state index in [9.17, 15) is 9.18 Å². The van der Waals surface area contributed by atoms with Gasteiger partial charge in [0.1, 0.15) is 11.6 Å². The molecule has 2 rings (SSSR count). The number of nitrogens with one attached hydrogen (secondary N) is 1. The van der Waals surface area contributed by atoms with Crippen molar-refractivity contribution >= 4 is 6.09 Å². The van der Waals surface area contributed by atoms with Crippen LogP contribution in [0.5, 0.6) is 5.75 Å². The molecule has 2 aromatic rings. The van der Waals surface area contributed by atoms with Crippen LogP contribution in [0.2, 0.25) is 0 Å². The lowest BCUT2D eigenvalue weighted by molar-refractivity contribution is 0.147. The van der Waals surface area contributed by atoms with Gasteiger partial charge in [0.2, 0.25) is 0 Å². The molecule has 1 amide bonds. The highest BCUT2D eigenvalue weighted by atomic mass is 19.1. The zero-order valence-electron chi connectivity index (χ0n) is 13.0. The molecule has 5 heteroatoms. The molecule has 0 saturated heterocycles. The average Bonchev–Trinajstić information content (AvgIpc) is 2.55. The second-order valence-electron chi connectivity index (χ2n) is 5.00. The lowest BCUT2D eigenvalue weighted by Crippen LogP contribution is -2.27. The molecule has 122 valence electrons. The van der Waals surface area contributed by atoms with E-state index < -0.39 is 6.09 Å². The van der Waals surface area contributed by atoms with Crippen LogP contribution in [0.25, 0.3) is 0 Å². The molecule has 4 nitrogen and oxygen atoms in total. The van der Waals surface area contributed by atoms with Crippen molar-refractivity contribution in [3.05, 3.63) is 65.5 Å². The lowest BCUT2D eigenvalue weighted by Gasteiger charge is -2.09. The molecule has 0 aromatic heterocycles. The summed E-state index contributed by atoms with van der Waals surface area (Å²) in [6.45, 7) is 0.670. The van der Waals surface area contributed by atoms with Gasteiger partial charge in [0.25, 0.3) is 0 Å². The van der Waals surface area contributed by atoms with Gasteiger partial charge in [-0.2, -0.15) is 0 Å². The van der Waals surface area contributed by atoms with E-state index in [-0.39, 0.29) is 12.4 Å². The number of carbonyl (C=O) groups excluding carboxylic acids is 1. The third-order valence-corrected chi connectivity index (χ3v) is 3.37. The quantitative estimate of drug-likeness (QED) is 0.852. The van der Waals surface area contributed by atoms with Crippen LogP contribution in [0.1, 0.15) is 11.1 Å². The van der Waals surface area contributed by atoms with Gasteiger partial charge in [0.15, 0.2) is 0 Å². The zero-order valence-corrected chi connectivity index (χ0v) is 13.0. The van der Waals surface area contributed by atoms with E-state index in [0.29, 0.717) is 19.4 Å². The SMILES string of the molecule is COc1ccccc1CCOC(=O)NCCc1cccc(F)c1. The van der Waals surface area contributed by atoms with Gasteiger partial charge in [0.05, 0.1) is 13.7 Å². The van der Waals surface area contributed by atoms with Crippen LogP contribution in [0, 0.1) is 5.82 Å². The maximum absolute atomic E-state index is 13.0. The Morgan fingerprint density at radius 3 is 2.74 bits per heavy atom. The topological polar surface area (TPSA) is 47.6 Å². The number of ether oxygens (including phenoxy) is 2. The first-order valence-electron chi connectivity index (χ1n) is 7.46. The molecule has 0 aliphatic rings. The molecular weight excluding hydrogens is 297 g/mol. The van der Waals surface area contributed by atoms with Crippen LogP contribution in [-0.4, -0.2) is 26.4 Å². The van der Waals surface area contributed by atoms with Gasteiger partial charge in [-0.25, -0.2) is 9.18 Å². The second-order valence-corrected chi connectivity index (χ2v) is 5.00. The molecule has 0 saturated carbocycles. The molecule has 2 aromatic carbocycles. The number of para-hydroxylation sites is 1. The highest BCUT2D eigenvalue weighted by Crippen LogP contribution is 2.17. The molecule has 0 atom stereocenters. The van der Waals surface area contributed by atoms with Crippen molar-refractivity contribution < 1.29 is 18.7 Å². The summed E-state index contributed by atoms with van der Waals surface area (Å²) in [5.41, 5.74) is 1.82. The highest BCUT2D eigenvalue weighted by Gasteiger charge is 2.05. The van der Waals surface area contributed by atoms with Crippen molar-refractivity contribution in [1.29, 1.82) is 0 Å². The fraction of sp³-hybridized carbons (Fsp3) is 0.278. The fourth-order valence-corrected chi connectivity index (χ4v) is 2.22. The van der Waals surface area contributed by atoms with Crippen LogP contribution in [0.15, 0.2) is 48.5 Å². The summed E-state index contributed by atoms with van der Waals surface area (Å²) < 4.78 is 23.4. The van der Waals surface area contributed by atoms with Crippen molar-refractivity contribution in [2.24, 2.45) is 0 Å². The minimum Gasteiger partial charge on any atom is -0.496 e. The minimum atomic E-state index is -0.476. The van der Waals surface area contributed by atoms with E-state index >= 15 is 0 Å². The van der Waals surface area contributed by atoms with Crippen LogP contribution < -0.4 is 10.1 Å². The number of alkyl carbamates (subject to hydrolysis) is 1. The smallest absolute Gasteiger partial charge is 0.407 e. The Balaban J connectivity index is 1.67. The average molecular weight is 317 g/mol. The molecule has 0 bridgehead atoms. The van der Waals surface area contributed by atoms with E-state index in [2.05, 4.69) is 5.32 Å². The summed E-state index contributed by atoms with van der Waals surface area (Å²) >= 11 is 0. The zero-order chi connectivity index (χ0) is 16.5. The third-order valence-electron chi connectivity index (χ3n) is 3.37. The Morgan fingerprint density at radius 1 is 1.13 bits per heavy atom. The maximum atomic E-state index is 13.0. The molecule has 0 fully saturated rings. The predicted molar refractivity (Wildman–Crippen MR) is 86.2 cm³/mol. The highest BCUT2D eigenvalue weighted by molar-refractivity contribution is 5.67. The molecule has 0 aliphatic carbocycles. The van der Waals surface area contributed by atoms with Crippen LogP contribution in [0.4, 0.5) is 9.18 Å². The summed E-state index contributed by atoms with van der Waals surface area (Å²) in [5, 5.41) is 2.65. The van der Waals surface area contributed by atoms with Crippen LogP contribution in [0.3, 0.4) is 0 Å². The molecule has 0 aliphatic heterocycles. The van der Waals surface area contributed by atoms with Crippen molar-refractivity contribution in [1.82, 2.24) is 5.32 Å². The molecule has 0 heterocycles. The van der Waals surface area contributed by atoms with Crippen molar-refractivity contribution in [3.63, 3.8) is 0 Å². The first kappa shape index (κ1) is 16.8. The monoisotopic (exact) mass is 317 g/mol. The molecule has 1 N–H and O–H groups in total. The van der Waals surface area contributed by atoms with E-state index in [4.69, 9.17) is 9.47 Å². The first-order chi connectivity index (χ1) is 11.2. The van der Waals surface area contributed by atoms with Crippen LogP contribution >= 0.6 is 0 Å². The van der Waals surface area contributed by atoms with Crippen molar-refractivity contribution in [2.45, 2.75) is 12.8 Å². The Bertz CT molecular complexity index is 646. The number of amides is 1. The summed E-state index contributed by atoms with van der Waals surface area (Å²) in [6.07, 6.45) is 0.664. The lowest BCUT2D eigenvalue weighted by atomic mass is 10.1. The Labute approximate surface area is 135 Å². The minimum absolute atomic E-state index is 0.270. The molecule has 0 spiro atoms. The van der Waals surface area contributed by atoms with E-state index in [1.165, 1.54) is 12.1 Å². The standard InChI is InChI=1S/C18H20FNO3/c1-22-17-8-3-2-6-15(17)10-12-23-18(21)20-11-9-14-5-4-7-16(19)13-14/h2-8,13H,9-12H2,1H3,(H,20,21). The number of benzene rings is 2. The fourth-order valence-electron chi connectivity index (χ4n) is 2.22. The normalized spacial score (nSPS) is 10.2. The molecule has 0 unspecified atom stereocenters. The van der Waals surface area contributed by atoms with Gasteiger partial charge in [-0.05, 0) is 35.7 Å². The third kappa shape index (κ3) is 5.62.